The summed E-state index contributed by atoms with van der Waals surface area (Å²) in [6.45, 7) is 1.75. The van der Waals surface area contributed by atoms with Crippen molar-refractivity contribution in [3.8, 4) is 35.8 Å². The van der Waals surface area contributed by atoms with Crippen LogP contribution in [0.1, 0.15) is 35.6 Å². The van der Waals surface area contributed by atoms with Crippen LogP contribution in [0, 0.1) is 45.3 Å². The first-order valence-corrected chi connectivity index (χ1v) is 11.6. The lowest BCUT2D eigenvalue weighted by Gasteiger charge is -2.32. The number of rotatable bonds is 2. The Morgan fingerprint density at radius 1 is 0.732 bits per heavy atom. The van der Waals surface area contributed by atoms with Crippen LogP contribution in [0.3, 0.4) is 0 Å². The number of ether oxygens (including phenoxy) is 2. The molecule has 0 spiro atoms. The van der Waals surface area contributed by atoms with Gasteiger partial charge in [0, 0.05) is 16.6 Å². The number of nitriles is 4. The fraction of sp³-hybridized carbons (Fsp3) is 0.172. The third-order valence-electron chi connectivity index (χ3n) is 7.13. The second-order valence-electron chi connectivity index (χ2n) is 9.42. The van der Waals surface area contributed by atoms with Gasteiger partial charge in [0.25, 0.3) is 0 Å². The molecule has 0 amide bonds. The summed E-state index contributed by atoms with van der Waals surface area (Å²) in [5, 5.41) is 38.8. The monoisotopic (exact) mass is 562 g/mol. The van der Waals surface area contributed by atoms with Crippen molar-refractivity contribution in [2.45, 2.75) is 31.5 Å². The number of alkyl halides is 6. The Kier molecular flexibility index (Phi) is 5.98. The first kappa shape index (κ1) is 27.1. The summed E-state index contributed by atoms with van der Waals surface area (Å²) in [4.78, 5) is 0. The molecule has 0 fully saturated rings. The van der Waals surface area contributed by atoms with Crippen LogP contribution in [0.15, 0.2) is 64.8 Å². The van der Waals surface area contributed by atoms with Crippen molar-refractivity contribution in [3.05, 3.63) is 87.0 Å². The third-order valence-corrected chi connectivity index (χ3v) is 7.13. The summed E-state index contributed by atoms with van der Waals surface area (Å²) in [5.41, 5.74) is 0.751. The first-order valence-electron chi connectivity index (χ1n) is 11.6. The van der Waals surface area contributed by atoms with Gasteiger partial charge in [0.2, 0.25) is 0 Å². The van der Waals surface area contributed by atoms with E-state index in [0.717, 1.165) is 24.3 Å². The van der Waals surface area contributed by atoms with E-state index in [4.69, 9.17) is 0 Å². The number of hydrogen-bond donors (Lipinski definition) is 0. The lowest BCUT2D eigenvalue weighted by molar-refractivity contribution is -0.275. The largest absolute Gasteiger partial charge is 0.573 e. The topological polar surface area (TPSA) is 114 Å². The molecule has 3 aliphatic rings. The Balaban J connectivity index is 1.78. The van der Waals surface area contributed by atoms with Gasteiger partial charge < -0.3 is 9.47 Å². The van der Waals surface area contributed by atoms with Crippen LogP contribution in [0.2, 0.25) is 0 Å². The highest BCUT2D eigenvalue weighted by Gasteiger charge is 2.49. The molecule has 1 atom stereocenters. The zero-order valence-electron chi connectivity index (χ0n) is 20.6. The molecule has 0 saturated heterocycles. The van der Waals surface area contributed by atoms with Crippen molar-refractivity contribution in [3.63, 3.8) is 0 Å². The average molecular weight is 562 g/mol. The molecule has 202 valence electrons. The van der Waals surface area contributed by atoms with Crippen molar-refractivity contribution in [2.75, 3.05) is 0 Å². The lowest BCUT2D eigenvalue weighted by atomic mass is 9.70. The van der Waals surface area contributed by atoms with Crippen molar-refractivity contribution in [1.29, 1.82) is 21.0 Å². The number of fused-ring (bicyclic) bond motifs is 5. The Bertz CT molecular complexity index is 1820. The smallest absolute Gasteiger partial charge is 0.406 e. The number of hydrogen-bond acceptors (Lipinski definition) is 6. The highest BCUT2D eigenvalue weighted by atomic mass is 19.4. The Morgan fingerprint density at radius 3 is 1.78 bits per heavy atom. The van der Waals surface area contributed by atoms with Crippen LogP contribution in [-0.4, -0.2) is 12.7 Å². The molecule has 1 unspecified atom stereocenters. The van der Waals surface area contributed by atoms with Gasteiger partial charge in [-0.25, -0.2) is 0 Å². The molecule has 0 heterocycles. The molecule has 2 aromatic rings. The van der Waals surface area contributed by atoms with Gasteiger partial charge in [-0.3, -0.25) is 0 Å². The second-order valence-corrected chi connectivity index (χ2v) is 9.42. The van der Waals surface area contributed by atoms with Crippen molar-refractivity contribution < 1.29 is 35.8 Å². The van der Waals surface area contributed by atoms with Crippen LogP contribution in [-0.2, 0) is 5.41 Å². The van der Waals surface area contributed by atoms with Crippen LogP contribution < -0.4 is 9.47 Å². The molecular weight excluding hydrogens is 550 g/mol. The zero-order valence-corrected chi connectivity index (χ0v) is 20.6. The molecule has 3 aliphatic carbocycles. The van der Waals surface area contributed by atoms with Gasteiger partial charge in [-0.1, -0.05) is 19.1 Å². The maximum Gasteiger partial charge on any atom is 0.573 e. The van der Waals surface area contributed by atoms with Gasteiger partial charge >= 0.3 is 12.7 Å². The number of halogens is 6. The maximum absolute atomic E-state index is 13.0. The second kappa shape index (κ2) is 9.05. The van der Waals surface area contributed by atoms with Crippen LogP contribution in [0.4, 0.5) is 26.3 Å². The molecule has 6 nitrogen and oxygen atoms in total. The molecule has 5 rings (SSSR count). The molecule has 0 aliphatic heterocycles. The Morgan fingerprint density at radius 2 is 1.24 bits per heavy atom. The van der Waals surface area contributed by atoms with E-state index in [1.165, 1.54) is 18.2 Å². The van der Waals surface area contributed by atoms with Crippen molar-refractivity contribution in [2.24, 2.45) is 0 Å². The summed E-state index contributed by atoms with van der Waals surface area (Å²) < 4.78 is 85.8. The van der Waals surface area contributed by atoms with Gasteiger partial charge in [-0.2, -0.15) is 21.0 Å². The minimum Gasteiger partial charge on any atom is -0.406 e. The highest BCUT2D eigenvalue weighted by Crippen LogP contribution is 2.61. The van der Waals surface area contributed by atoms with Gasteiger partial charge in [-0.05, 0) is 75.7 Å². The molecule has 0 radical (unpaired) electrons. The predicted molar refractivity (Wildman–Crippen MR) is 130 cm³/mol. The van der Waals surface area contributed by atoms with Crippen LogP contribution in [0.25, 0.3) is 16.7 Å². The van der Waals surface area contributed by atoms with E-state index in [9.17, 15) is 47.4 Å². The summed E-state index contributed by atoms with van der Waals surface area (Å²) in [6.07, 6.45) is -8.34. The maximum atomic E-state index is 13.0. The van der Waals surface area contributed by atoms with E-state index in [2.05, 4.69) is 9.47 Å². The van der Waals surface area contributed by atoms with Gasteiger partial charge in [0.15, 0.2) is 0 Å². The van der Waals surface area contributed by atoms with Gasteiger partial charge in [0.05, 0.1) is 0 Å². The molecule has 0 bridgehead atoms. The lowest BCUT2D eigenvalue weighted by Crippen LogP contribution is -2.24. The normalized spacial score (nSPS) is 18.5. The van der Waals surface area contributed by atoms with E-state index in [1.54, 1.807) is 31.2 Å². The standard InChI is InChI=1S/C29H12F6N4O2/c1-27-9-22-18-4-2-16(40-28(30,31)32)6-19(18)25(14(10-36)11-37)20(22)8-24(27)26(15(12-38)13-39)21-7-17(3-5-23(21)27)41-29(33,34)35/h2-8H,9H2,1H3. The first-order chi connectivity index (χ1) is 19.2. The SMILES string of the molecule is CC12CC3=C(C=C1C(=C(C#N)C#N)c1cc(OC(F)(F)F)ccc12)C(=C(C#N)C#N)c1cc(OC(F)(F)F)ccc13. The molecule has 41 heavy (non-hydrogen) atoms. The van der Waals surface area contributed by atoms with E-state index in [-0.39, 0.29) is 28.7 Å². The van der Waals surface area contributed by atoms with Crippen LogP contribution in [0.5, 0.6) is 11.5 Å². The summed E-state index contributed by atoms with van der Waals surface area (Å²) >= 11 is 0. The predicted octanol–water partition coefficient (Wildman–Crippen LogP) is 7.15. The minimum atomic E-state index is -4.99. The molecule has 2 aromatic carbocycles. The number of allylic oxidation sites excluding steroid dienone is 8. The zero-order chi connectivity index (χ0) is 29.9. The fourth-order valence-corrected chi connectivity index (χ4v) is 5.69. The molecule has 12 heteroatoms. The van der Waals surface area contributed by atoms with E-state index in [1.807, 2.05) is 0 Å². The third kappa shape index (κ3) is 4.36. The molecule has 0 N–H and O–H groups in total. The fourth-order valence-electron chi connectivity index (χ4n) is 5.69. The molecule has 0 aromatic heterocycles. The molecule has 0 saturated carbocycles. The summed E-state index contributed by atoms with van der Waals surface area (Å²) in [7, 11) is 0. The quantitative estimate of drug-likeness (QED) is 0.284. The number of benzene rings is 2. The number of nitrogens with zero attached hydrogens (tertiary/aromatic N) is 4. The van der Waals surface area contributed by atoms with E-state index in [0.29, 0.717) is 27.8 Å². The summed E-state index contributed by atoms with van der Waals surface area (Å²) in [5.74, 6) is -1.13. The average Bonchev–Trinajstić information content (AvgIpc) is 3.30. The summed E-state index contributed by atoms with van der Waals surface area (Å²) in [6, 6.07) is 14.2. The van der Waals surface area contributed by atoms with E-state index < -0.39 is 40.8 Å². The van der Waals surface area contributed by atoms with Crippen LogP contribution >= 0.6 is 0 Å². The van der Waals surface area contributed by atoms with E-state index >= 15 is 0 Å². The highest BCUT2D eigenvalue weighted by molar-refractivity contribution is 6.09. The van der Waals surface area contributed by atoms with Gasteiger partial charge in [0.1, 0.15) is 46.9 Å². The van der Waals surface area contributed by atoms with Gasteiger partial charge in [-0.15, -0.1) is 26.3 Å². The van der Waals surface area contributed by atoms with Crippen molar-refractivity contribution >= 4 is 16.7 Å². The Hall–Kier alpha value is -5.46. The minimum absolute atomic E-state index is 0.0361. The molecular formula is C29H12F6N4O2. The Labute approximate surface area is 228 Å². The van der Waals surface area contributed by atoms with Crippen molar-refractivity contribution in [1.82, 2.24) is 0 Å².